The Hall–Kier alpha value is -0.800. The molecule has 1 heterocycles. The molecule has 2 rings (SSSR count). The van der Waals surface area contributed by atoms with Crippen LogP contribution in [0.4, 0.5) is 0 Å². The van der Waals surface area contributed by atoms with Crippen LogP contribution >= 0.6 is 0 Å². The van der Waals surface area contributed by atoms with Gasteiger partial charge in [-0.3, -0.25) is 0 Å². The van der Waals surface area contributed by atoms with Gasteiger partial charge < -0.3 is 14.5 Å². The number of rotatable bonds is 8. The molecule has 0 radical (unpaired) electrons. The van der Waals surface area contributed by atoms with Gasteiger partial charge in [-0.05, 0) is 69.5 Å². The molecule has 1 N–H and O–H groups in total. The first-order valence-corrected chi connectivity index (χ1v) is 8.58. The van der Waals surface area contributed by atoms with Crippen molar-refractivity contribution in [1.82, 2.24) is 5.32 Å². The van der Waals surface area contributed by atoms with Crippen LogP contribution in [-0.2, 0) is 11.2 Å². The normalized spacial score (nSPS) is 27.7. The molecular weight excluding hydrogens is 262 g/mol. The van der Waals surface area contributed by atoms with Gasteiger partial charge in [-0.25, -0.2) is 0 Å². The molecule has 3 heteroatoms. The summed E-state index contributed by atoms with van der Waals surface area (Å²) in [5.41, 5.74) is 1.26. The molecule has 1 aromatic heterocycles. The Labute approximate surface area is 129 Å². The van der Waals surface area contributed by atoms with Gasteiger partial charge in [-0.2, -0.15) is 0 Å². The van der Waals surface area contributed by atoms with Crippen molar-refractivity contribution in [2.45, 2.75) is 70.9 Å². The maximum absolute atomic E-state index is 6.33. The number of furan rings is 1. The largest absolute Gasteiger partial charge is 0.472 e. The van der Waals surface area contributed by atoms with Crippen LogP contribution in [0.5, 0.6) is 0 Å². The van der Waals surface area contributed by atoms with Crippen molar-refractivity contribution in [2.24, 2.45) is 5.92 Å². The monoisotopic (exact) mass is 293 g/mol. The highest BCUT2D eigenvalue weighted by atomic mass is 16.5. The third-order valence-corrected chi connectivity index (χ3v) is 4.85. The van der Waals surface area contributed by atoms with Gasteiger partial charge >= 0.3 is 0 Å². The van der Waals surface area contributed by atoms with Gasteiger partial charge in [-0.15, -0.1) is 0 Å². The standard InChI is InChI=1S/C18H31NO2/c1-4-11-19-17(13-16-8-12-20-14-16)18(21-5-2)9-6-15(3)7-10-18/h8,12,14-15,17,19H,4-7,9-11,13H2,1-3H3. The van der Waals surface area contributed by atoms with E-state index >= 15 is 0 Å². The molecule has 0 aliphatic heterocycles. The number of hydrogen-bond acceptors (Lipinski definition) is 3. The van der Waals surface area contributed by atoms with Gasteiger partial charge in [0.2, 0.25) is 0 Å². The topological polar surface area (TPSA) is 34.4 Å². The minimum Gasteiger partial charge on any atom is -0.472 e. The predicted octanol–water partition coefficient (Wildman–Crippen LogP) is 4.18. The molecule has 3 nitrogen and oxygen atoms in total. The molecule has 0 aromatic carbocycles. The van der Waals surface area contributed by atoms with Crippen LogP contribution in [0.2, 0.25) is 0 Å². The molecule has 0 saturated heterocycles. The van der Waals surface area contributed by atoms with Crippen LogP contribution in [0, 0.1) is 5.92 Å². The molecule has 1 aliphatic rings. The van der Waals surface area contributed by atoms with Gasteiger partial charge in [-0.1, -0.05) is 13.8 Å². The van der Waals surface area contributed by atoms with E-state index in [0.717, 1.165) is 31.9 Å². The zero-order chi connectivity index (χ0) is 15.1. The smallest absolute Gasteiger partial charge is 0.0935 e. The molecular formula is C18H31NO2. The van der Waals surface area contributed by atoms with Crippen molar-refractivity contribution in [3.8, 4) is 0 Å². The molecule has 0 bridgehead atoms. The Kier molecular flexibility index (Phi) is 6.31. The van der Waals surface area contributed by atoms with Gasteiger partial charge in [0.25, 0.3) is 0 Å². The van der Waals surface area contributed by atoms with Gasteiger partial charge in [0.05, 0.1) is 18.1 Å². The summed E-state index contributed by atoms with van der Waals surface area (Å²) >= 11 is 0. The Balaban J connectivity index is 2.13. The number of nitrogens with one attached hydrogen (secondary N) is 1. The first-order chi connectivity index (χ1) is 10.2. The lowest BCUT2D eigenvalue weighted by Gasteiger charge is -2.45. The molecule has 1 aromatic rings. The summed E-state index contributed by atoms with van der Waals surface area (Å²) in [7, 11) is 0. The fourth-order valence-corrected chi connectivity index (χ4v) is 3.54. The molecule has 1 atom stereocenters. The van der Waals surface area contributed by atoms with Gasteiger partial charge in [0.15, 0.2) is 0 Å². The highest BCUT2D eigenvalue weighted by Crippen LogP contribution is 2.38. The van der Waals surface area contributed by atoms with E-state index in [2.05, 4.69) is 32.2 Å². The van der Waals surface area contributed by atoms with E-state index in [9.17, 15) is 0 Å². The summed E-state index contributed by atoms with van der Waals surface area (Å²) in [6.45, 7) is 8.55. The summed E-state index contributed by atoms with van der Waals surface area (Å²) in [4.78, 5) is 0. The zero-order valence-electron chi connectivity index (χ0n) is 13.9. The van der Waals surface area contributed by atoms with Crippen molar-refractivity contribution in [1.29, 1.82) is 0 Å². The Morgan fingerprint density at radius 1 is 1.38 bits per heavy atom. The van der Waals surface area contributed by atoms with Crippen molar-refractivity contribution in [3.63, 3.8) is 0 Å². The first-order valence-electron chi connectivity index (χ1n) is 8.58. The SMILES string of the molecule is CCCNC(Cc1ccoc1)C1(OCC)CCC(C)CC1. The van der Waals surface area contributed by atoms with E-state index in [1.165, 1.54) is 31.2 Å². The third kappa shape index (κ3) is 4.33. The second kappa shape index (κ2) is 8.00. The van der Waals surface area contributed by atoms with E-state index in [1.807, 2.05) is 6.26 Å². The van der Waals surface area contributed by atoms with E-state index in [1.54, 1.807) is 6.26 Å². The van der Waals surface area contributed by atoms with Gasteiger partial charge in [0, 0.05) is 12.6 Å². The number of ether oxygens (including phenoxy) is 1. The lowest BCUT2D eigenvalue weighted by atomic mass is 9.73. The third-order valence-electron chi connectivity index (χ3n) is 4.85. The lowest BCUT2D eigenvalue weighted by Crippen LogP contribution is -2.55. The summed E-state index contributed by atoms with van der Waals surface area (Å²) < 4.78 is 11.6. The first kappa shape index (κ1) is 16.6. The lowest BCUT2D eigenvalue weighted by molar-refractivity contribution is -0.0960. The summed E-state index contributed by atoms with van der Waals surface area (Å²) in [5.74, 6) is 0.833. The van der Waals surface area contributed by atoms with E-state index in [4.69, 9.17) is 9.15 Å². The summed E-state index contributed by atoms with van der Waals surface area (Å²) in [5, 5.41) is 3.75. The van der Waals surface area contributed by atoms with E-state index in [0.29, 0.717) is 6.04 Å². The van der Waals surface area contributed by atoms with Crippen molar-refractivity contribution < 1.29 is 9.15 Å². The molecule has 1 unspecified atom stereocenters. The van der Waals surface area contributed by atoms with E-state index < -0.39 is 0 Å². The van der Waals surface area contributed by atoms with Crippen molar-refractivity contribution in [3.05, 3.63) is 24.2 Å². The molecule has 1 aliphatic carbocycles. The average Bonchev–Trinajstić information content (AvgIpc) is 2.99. The minimum atomic E-state index is -0.00625. The van der Waals surface area contributed by atoms with Crippen LogP contribution in [-0.4, -0.2) is 24.8 Å². The molecule has 120 valence electrons. The molecule has 0 spiro atoms. The summed E-state index contributed by atoms with van der Waals surface area (Å²) in [6.07, 6.45) is 10.7. The Bertz CT molecular complexity index is 380. The maximum atomic E-state index is 6.33. The molecule has 0 amide bonds. The fraction of sp³-hybridized carbons (Fsp3) is 0.778. The van der Waals surface area contributed by atoms with Crippen LogP contribution < -0.4 is 5.32 Å². The van der Waals surface area contributed by atoms with Crippen molar-refractivity contribution in [2.75, 3.05) is 13.2 Å². The molecule has 1 saturated carbocycles. The highest BCUT2D eigenvalue weighted by molar-refractivity contribution is 5.11. The quantitative estimate of drug-likeness (QED) is 0.781. The zero-order valence-corrected chi connectivity index (χ0v) is 13.9. The Morgan fingerprint density at radius 3 is 2.71 bits per heavy atom. The van der Waals surface area contributed by atoms with Crippen LogP contribution in [0.15, 0.2) is 23.0 Å². The average molecular weight is 293 g/mol. The fourth-order valence-electron chi connectivity index (χ4n) is 3.54. The highest BCUT2D eigenvalue weighted by Gasteiger charge is 2.41. The van der Waals surface area contributed by atoms with Gasteiger partial charge in [0.1, 0.15) is 0 Å². The van der Waals surface area contributed by atoms with Crippen molar-refractivity contribution >= 4 is 0 Å². The second-order valence-corrected chi connectivity index (χ2v) is 6.52. The van der Waals surface area contributed by atoms with Crippen LogP contribution in [0.3, 0.4) is 0 Å². The van der Waals surface area contributed by atoms with Crippen LogP contribution in [0.25, 0.3) is 0 Å². The summed E-state index contributed by atoms with van der Waals surface area (Å²) in [6, 6.07) is 2.45. The Morgan fingerprint density at radius 2 is 2.14 bits per heavy atom. The van der Waals surface area contributed by atoms with Crippen LogP contribution in [0.1, 0.15) is 58.4 Å². The molecule has 21 heavy (non-hydrogen) atoms. The minimum absolute atomic E-state index is 0.00625. The maximum Gasteiger partial charge on any atom is 0.0935 e. The number of hydrogen-bond donors (Lipinski definition) is 1. The van der Waals surface area contributed by atoms with E-state index in [-0.39, 0.29) is 5.60 Å². The molecule has 1 fully saturated rings. The predicted molar refractivity (Wildman–Crippen MR) is 86.5 cm³/mol. The second-order valence-electron chi connectivity index (χ2n) is 6.52.